The molecule has 1 aliphatic heterocycles. The maximum atomic E-state index is 15.2. The van der Waals surface area contributed by atoms with E-state index in [1.807, 2.05) is 11.9 Å². The smallest absolute Gasteiger partial charge is 0.276 e. The third-order valence-corrected chi connectivity index (χ3v) is 7.47. The van der Waals surface area contributed by atoms with Crippen molar-refractivity contribution in [3.63, 3.8) is 0 Å². The van der Waals surface area contributed by atoms with E-state index in [0.29, 0.717) is 53.4 Å². The Balaban J connectivity index is 1.21. The Hall–Kier alpha value is -3.56. The number of benzene rings is 1. The van der Waals surface area contributed by atoms with Gasteiger partial charge in [0, 0.05) is 18.7 Å². The Labute approximate surface area is 202 Å². The summed E-state index contributed by atoms with van der Waals surface area (Å²) in [5.41, 5.74) is 1.65. The second-order valence-corrected chi connectivity index (χ2v) is 9.62. The third kappa shape index (κ3) is 4.11. The molecule has 1 N–H and O–H groups in total. The molecule has 35 heavy (non-hydrogen) atoms. The van der Waals surface area contributed by atoms with Gasteiger partial charge in [-0.2, -0.15) is 0 Å². The SMILES string of the molecule is CN(c1cnc(-c2ccc(-c3cc4c(nn3)OCCO4)cc2O)nn1)[C@@H]1C[C@H]2CCC[C@H](C2)[C@@H]1F. The van der Waals surface area contributed by atoms with Crippen LogP contribution in [0.5, 0.6) is 17.4 Å². The second kappa shape index (κ2) is 8.90. The highest BCUT2D eigenvalue weighted by atomic mass is 19.1. The lowest BCUT2D eigenvalue weighted by Gasteiger charge is -2.45. The average Bonchev–Trinajstić information content (AvgIpc) is 2.90. The van der Waals surface area contributed by atoms with E-state index in [4.69, 9.17) is 9.47 Å². The lowest BCUT2D eigenvalue weighted by Crippen LogP contribution is -2.49. The molecule has 2 aromatic heterocycles. The molecule has 2 aliphatic carbocycles. The molecule has 9 nitrogen and oxygen atoms in total. The van der Waals surface area contributed by atoms with Crippen LogP contribution in [0.2, 0.25) is 0 Å². The van der Waals surface area contributed by atoms with Gasteiger partial charge in [-0.15, -0.1) is 20.4 Å². The lowest BCUT2D eigenvalue weighted by atomic mass is 9.69. The first-order valence-electron chi connectivity index (χ1n) is 12.1. The van der Waals surface area contributed by atoms with Crippen LogP contribution in [0.3, 0.4) is 0 Å². The summed E-state index contributed by atoms with van der Waals surface area (Å²) < 4.78 is 26.1. The number of ether oxygens (including phenoxy) is 2. The van der Waals surface area contributed by atoms with Crippen LogP contribution in [0, 0.1) is 11.8 Å². The Morgan fingerprint density at radius 3 is 2.74 bits per heavy atom. The van der Waals surface area contributed by atoms with E-state index in [9.17, 15) is 5.11 Å². The zero-order valence-electron chi connectivity index (χ0n) is 19.5. The first kappa shape index (κ1) is 21.9. The summed E-state index contributed by atoms with van der Waals surface area (Å²) in [6.45, 7) is 0.890. The molecule has 3 aromatic rings. The summed E-state index contributed by atoms with van der Waals surface area (Å²) in [4.78, 5) is 6.30. The highest BCUT2D eigenvalue weighted by Gasteiger charge is 2.42. The highest BCUT2D eigenvalue weighted by Crippen LogP contribution is 2.43. The Morgan fingerprint density at radius 2 is 1.91 bits per heavy atom. The number of nitrogens with zero attached hydrogens (tertiary/aromatic N) is 6. The number of aromatic hydroxyl groups is 1. The molecule has 0 amide bonds. The van der Waals surface area contributed by atoms with E-state index in [2.05, 4.69) is 25.4 Å². The van der Waals surface area contributed by atoms with Gasteiger partial charge in [0.15, 0.2) is 17.4 Å². The summed E-state index contributed by atoms with van der Waals surface area (Å²) in [5, 5.41) is 27.4. The maximum absolute atomic E-state index is 15.2. The molecule has 2 bridgehead atoms. The van der Waals surface area contributed by atoms with Crippen molar-refractivity contribution in [3.8, 4) is 40.0 Å². The molecule has 3 heterocycles. The molecule has 6 rings (SSSR count). The van der Waals surface area contributed by atoms with Crippen molar-refractivity contribution in [3.05, 3.63) is 30.5 Å². The van der Waals surface area contributed by atoms with Gasteiger partial charge >= 0.3 is 0 Å². The number of aromatic nitrogens is 5. The van der Waals surface area contributed by atoms with Gasteiger partial charge in [-0.05, 0) is 43.2 Å². The number of hydrogen-bond donors (Lipinski definition) is 1. The molecular weight excluding hydrogens is 451 g/mol. The molecule has 3 aliphatic rings. The van der Waals surface area contributed by atoms with Crippen LogP contribution in [-0.4, -0.2) is 63.0 Å². The molecule has 0 spiro atoms. The topological polar surface area (TPSA) is 106 Å². The fourth-order valence-electron chi connectivity index (χ4n) is 5.60. The van der Waals surface area contributed by atoms with Crippen LogP contribution in [0.15, 0.2) is 30.5 Å². The quantitative estimate of drug-likeness (QED) is 0.599. The van der Waals surface area contributed by atoms with Gasteiger partial charge in [0.05, 0.1) is 23.5 Å². The summed E-state index contributed by atoms with van der Waals surface area (Å²) in [6, 6.07) is 6.61. The van der Waals surface area contributed by atoms with Gasteiger partial charge in [-0.1, -0.05) is 18.9 Å². The summed E-state index contributed by atoms with van der Waals surface area (Å²) >= 11 is 0. The van der Waals surface area contributed by atoms with Crippen LogP contribution in [0.4, 0.5) is 10.2 Å². The van der Waals surface area contributed by atoms with Gasteiger partial charge in [0.2, 0.25) is 0 Å². The molecule has 2 fully saturated rings. The van der Waals surface area contributed by atoms with Crippen LogP contribution >= 0.6 is 0 Å². The fourth-order valence-corrected chi connectivity index (χ4v) is 5.60. The number of halogens is 1. The van der Waals surface area contributed by atoms with Crippen LogP contribution in [0.1, 0.15) is 32.1 Å². The van der Waals surface area contributed by atoms with Crippen molar-refractivity contribution in [2.24, 2.45) is 11.8 Å². The summed E-state index contributed by atoms with van der Waals surface area (Å²) in [5.74, 6) is 2.43. The molecule has 4 atom stereocenters. The molecular formula is C25H27FN6O3. The standard InChI is InChI=1S/C25H27FN6O3/c1-32(19-10-14-3-2-4-16(9-14)23(19)26)22-13-27-24(30-29-22)17-6-5-15(11-20(17)33)18-12-21-25(31-28-18)35-8-7-34-21/h5-6,11-14,16,19,23,33H,2-4,7-10H2,1H3/t14-,16+,19+,23-/m0/s1. The minimum absolute atomic E-state index is 0.00831. The van der Waals surface area contributed by atoms with E-state index < -0.39 is 6.17 Å². The lowest BCUT2D eigenvalue weighted by molar-refractivity contribution is 0.0656. The van der Waals surface area contributed by atoms with Gasteiger partial charge in [-0.3, -0.25) is 0 Å². The number of phenolic OH excluding ortho intramolecular Hbond substituents is 1. The third-order valence-electron chi connectivity index (χ3n) is 7.47. The van der Waals surface area contributed by atoms with E-state index >= 15 is 4.39 Å². The highest BCUT2D eigenvalue weighted by molar-refractivity contribution is 5.72. The predicted octanol–water partition coefficient (Wildman–Crippen LogP) is 3.83. The monoisotopic (exact) mass is 478 g/mol. The fraction of sp³-hybridized carbons (Fsp3) is 0.480. The van der Waals surface area contributed by atoms with Crippen LogP contribution < -0.4 is 14.4 Å². The van der Waals surface area contributed by atoms with Gasteiger partial charge in [0.25, 0.3) is 5.88 Å². The van der Waals surface area contributed by atoms with E-state index in [-0.39, 0.29) is 23.5 Å². The molecule has 182 valence electrons. The molecule has 0 radical (unpaired) electrons. The average molecular weight is 479 g/mol. The Morgan fingerprint density at radius 1 is 1.03 bits per heavy atom. The van der Waals surface area contributed by atoms with E-state index in [0.717, 1.165) is 25.7 Å². The molecule has 0 saturated heterocycles. The number of phenols is 1. The minimum Gasteiger partial charge on any atom is -0.507 e. The molecule has 1 aromatic carbocycles. The van der Waals surface area contributed by atoms with Gasteiger partial charge in [0.1, 0.15) is 25.1 Å². The van der Waals surface area contributed by atoms with Gasteiger partial charge in [-0.25, -0.2) is 9.37 Å². The predicted molar refractivity (Wildman–Crippen MR) is 126 cm³/mol. The summed E-state index contributed by atoms with van der Waals surface area (Å²) in [6.07, 6.45) is 5.86. The van der Waals surface area contributed by atoms with Crippen molar-refractivity contribution in [2.75, 3.05) is 25.2 Å². The largest absolute Gasteiger partial charge is 0.507 e. The Kier molecular flexibility index (Phi) is 5.58. The van der Waals surface area contributed by atoms with Crippen LogP contribution in [-0.2, 0) is 0 Å². The van der Waals surface area contributed by atoms with Crippen molar-refractivity contribution in [1.82, 2.24) is 25.4 Å². The maximum Gasteiger partial charge on any atom is 0.276 e. The second-order valence-electron chi connectivity index (χ2n) is 9.62. The van der Waals surface area contributed by atoms with Gasteiger partial charge < -0.3 is 19.5 Å². The molecule has 2 saturated carbocycles. The Bertz CT molecular complexity index is 1230. The molecule has 0 unspecified atom stereocenters. The zero-order valence-corrected chi connectivity index (χ0v) is 19.5. The number of hydrogen-bond acceptors (Lipinski definition) is 9. The zero-order chi connectivity index (χ0) is 23.9. The van der Waals surface area contributed by atoms with Crippen molar-refractivity contribution in [1.29, 1.82) is 0 Å². The number of fused-ring (bicyclic) bond motifs is 3. The van der Waals surface area contributed by atoms with Crippen molar-refractivity contribution in [2.45, 2.75) is 44.3 Å². The number of alkyl halides is 1. The van der Waals surface area contributed by atoms with Crippen molar-refractivity contribution >= 4 is 5.82 Å². The minimum atomic E-state index is -0.863. The molecule has 10 heteroatoms. The normalized spacial score (nSPS) is 25.2. The first-order chi connectivity index (χ1) is 17.1. The van der Waals surface area contributed by atoms with Crippen LogP contribution in [0.25, 0.3) is 22.6 Å². The van der Waals surface area contributed by atoms with Crippen molar-refractivity contribution < 1.29 is 19.0 Å². The van der Waals surface area contributed by atoms with E-state index in [1.165, 1.54) is 6.42 Å². The first-order valence-corrected chi connectivity index (χ1v) is 12.1. The number of anilines is 1. The van der Waals surface area contributed by atoms with E-state index in [1.54, 1.807) is 30.5 Å². The number of rotatable bonds is 4. The summed E-state index contributed by atoms with van der Waals surface area (Å²) in [7, 11) is 1.87.